The van der Waals surface area contributed by atoms with Gasteiger partial charge in [0.05, 0.1) is 13.3 Å². The summed E-state index contributed by atoms with van der Waals surface area (Å²) in [7, 11) is 1.63. The lowest BCUT2D eigenvalue weighted by Crippen LogP contribution is -2.18. The molecule has 2 rings (SSSR count). The molecule has 1 aromatic rings. The Kier molecular flexibility index (Phi) is 3.25. The molecule has 3 nitrogen and oxygen atoms in total. The monoisotopic (exact) mass is 216 g/mol. The Labute approximate surface area is 95.8 Å². The average Bonchev–Trinajstić information content (AvgIpc) is 2.39. The Balaban J connectivity index is 2.09. The Bertz CT molecular complexity index is 406. The zero-order valence-electron chi connectivity index (χ0n) is 9.60. The standard InChI is InChI=1S/C13H16N2O/c1-3-10-4-6-11(7-5-10)13-14-8-12(16-2)9-15-13/h4-9,13-14H,3H2,1-2H3. The van der Waals surface area contributed by atoms with Gasteiger partial charge in [-0.25, -0.2) is 0 Å². The van der Waals surface area contributed by atoms with Crippen LogP contribution in [0.25, 0.3) is 0 Å². The summed E-state index contributed by atoms with van der Waals surface area (Å²) in [5.41, 5.74) is 2.51. The fraction of sp³-hybridized carbons (Fsp3) is 0.308. The highest BCUT2D eigenvalue weighted by atomic mass is 16.5. The van der Waals surface area contributed by atoms with Gasteiger partial charge in [0.15, 0.2) is 5.76 Å². The van der Waals surface area contributed by atoms with Crippen LogP contribution in [0, 0.1) is 0 Å². The maximum atomic E-state index is 5.06. The molecule has 1 N–H and O–H groups in total. The molecule has 16 heavy (non-hydrogen) atoms. The summed E-state index contributed by atoms with van der Waals surface area (Å²) >= 11 is 0. The van der Waals surface area contributed by atoms with Crippen LogP contribution in [-0.2, 0) is 11.2 Å². The number of allylic oxidation sites excluding steroid dienone is 1. The Morgan fingerprint density at radius 3 is 2.56 bits per heavy atom. The highest BCUT2D eigenvalue weighted by Gasteiger charge is 2.10. The van der Waals surface area contributed by atoms with Gasteiger partial charge in [-0.2, -0.15) is 0 Å². The third kappa shape index (κ3) is 2.24. The maximum absolute atomic E-state index is 5.06. The topological polar surface area (TPSA) is 33.6 Å². The minimum atomic E-state index is 0.00445. The molecule has 1 unspecified atom stereocenters. The number of methoxy groups -OCH3 is 1. The predicted octanol–water partition coefficient (Wildman–Crippen LogP) is 2.41. The second-order valence-corrected chi connectivity index (χ2v) is 3.69. The third-order valence-corrected chi connectivity index (χ3v) is 2.67. The second-order valence-electron chi connectivity index (χ2n) is 3.69. The van der Waals surface area contributed by atoms with Gasteiger partial charge in [-0.15, -0.1) is 0 Å². The van der Waals surface area contributed by atoms with Crippen molar-refractivity contribution >= 4 is 6.21 Å². The van der Waals surface area contributed by atoms with E-state index in [1.807, 2.05) is 6.20 Å². The molecule has 84 valence electrons. The maximum Gasteiger partial charge on any atom is 0.152 e. The molecule has 0 bridgehead atoms. The minimum absolute atomic E-state index is 0.00445. The molecule has 1 aliphatic rings. The SMILES string of the molecule is CCc1ccc(C2N=CC(OC)=CN2)cc1. The van der Waals surface area contributed by atoms with Gasteiger partial charge < -0.3 is 10.1 Å². The predicted molar refractivity (Wildman–Crippen MR) is 65.3 cm³/mol. The zero-order chi connectivity index (χ0) is 11.4. The lowest BCUT2D eigenvalue weighted by Gasteiger charge is -2.18. The molecule has 0 aromatic heterocycles. The molecule has 0 aliphatic carbocycles. The van der Waals surface area contributed by atoms with Crippen LogP contribution >= 0.6 is 0 Å². The summed E-state index contributed by atoms with van der Waals surface area (Å²) in [6.07, 6.45) is 4.65. The molecule has 0 radical (unpaired) electrons. The lowest BCUT2D eigenvalue weighted by atomic mass is 10.1. The van der Waals surface area contributed by atoms with Crippen LogP contribution in [0.15, 0.2) is 41.2 Å². The van der Waals surface area contributed by atoms with Crippen molar-refractivity contribution in [1.82, 2.24) is 5.32 Å². The van der Waals surface area contributed by atoms with Crippen molar-refractivity contribution in [3.8, 4) is 0 Å². The summed E-state index contributed by atoms with van der Waals surface area (Å²) in [6.45, 7) is 2.15. The smallest absolute Gasteiger partial charge is 0.152 e. The van der Waals surface area contributed by atoms with Crippen molar-refractivity contribution in [3.63, 3.8) is 0 Å². The quantitative estimate of drug-likeness (QED) is 0.841. The van der Waals surface area contributed by atoms with E-state index in [0.717, 1.165) is 12.2 Å². The van der Waals surface area contributed by atoms with Gasteiger partial charge in [-0.05, 0) is 17.5 Å². The molecular formula is C13H16N2O. The van der Waals surface area contributed by atoms with Gasteiger partial charge in [0.25, 0.3) is 0 Å². The van der Waals surface area contributed by atoms with Gasteiger partial charge in [0.2, 0.25) is 0 Å². The highest BCUT2D eigenvalue weighted by Crippen LogP contribution is 2.18. The number of ether oxygens (including phenoxy) is 1. The first-order valence-corrected chi connectivity index (χ1v) is 5.45. The van der Waals surface area contributed by atoms with E-state index in [9.17, 15) is 0 Å². The minimum Gasteiger partial charge on any atom is -0.494 e. The van der Waals surface area contributed by atoms with Crippen LogP contribution in [0.2, 0.25) is 0 Å². The van der Waals surface area contributed by atoms with Crippen molar-refractivity contribution in [2.45, 2.75) is 19.5 Å². The molecule has 0 amide bonds. The van der Waals surface area contributed by atoms with Gasteiger partial charge in [0, 0.05) is 6.20 Å². The Hall–Kier alpha value is -1.77. The Morgan fingerprint density at radius 1 is 1.31 bits per heavy atom. The Morgan fingerprint density at radius 2 is 2.06 bits per heavy atom. The average molecular weight is 216 g/mol. The number of rotatable bonds is 3. The van der Waals surface area contributed by atoms with E-state index in [1.165, 1.54) is 11.1 Å². The summed E-state index contributed by atoms with van der Waals surface area (Å²) in [5.74, 6) is 0.751. The fourth-order valence-corrected chi connectivity index (χ4v) is 1.62. The van der Waals surface area contributed by atoms with E-state index in [0.29, 0.717) is 0 Å². The molecule has 0 saturated carbocycles. The third-order valence-electron chi connectivity index (χ3n) is 2.67. The van der Waals surface area contributed by atoms with Crippen molar-refractivity contribution < 1.29 is 4.74 Å². The highest BCUT2D eigenvalue weighted by molar-refractivity contribution is 5.76. The lowest BCUT2D eigenvalue weighted by molar-refractivity contribution is 0.310. The van der Waals surface area contributed by atoms with Crippen molar-refractivity contribution in [3.05, 3.63) is 47.4 Å². The number of hydrogen-bond acceptors (Lipinski definition) is 3. The van der Waals surface area contributed by atoms with Gasteiger partial charge in [-0.1, -0.05) is 31.2 Å². The molecule has 0 fully saturated rings. The molecule has 1 aliphatic heterocycles. The summed E-state index contributed by atoms with van der Waals surface area (Å²) in [6, 6.07) is 8.50. The molecule has 1 heterocycles. The van der Waals surface area contributed by atoms with Crippen LogP contribution in [0.4, 0.5) is 0 Å². The number of hydrogen-bond donors (Lipinski definition) is 1. The van der Waals surface area contributed by atoms with E-state index in [2.05, 4.69) is 41.5 Å². The first kappa shape index (κ1) is 10.7. The number of aryl methyl sites for hydroxylation is 1. The number of nitrogens with zero attached hydrogens (tertiary/aromatic N) is 1. The van der Waals surface area contributed by atoms with Crippen LogP contribution in [0.5, 0.6) is 0 Å². The normalized spacial score (nSPS) is 18.9. The van der Waals surface area contributed by atoms with E-state index in [4.69, 9.17) is 4.74 Å². The van der Waals surface area contributed by atoms with Crippen molar-refractivity contribution in [1.29, 1.82) is 0 Å². The fourth-order valence-electron chi connectivity index (χ4n) is 1.62. The first-order valence-electron chi connectivity index (χ1n) is 5.45. The molecule has 1 atom stereocenters. The molecule has 0 saturated heterocycles. The summed E-state index contributed by atoms with van der Waals surface area (Å²) < 4.78 is 5.06. The molecular weight excluding hydrogens is 200 g/mol. The second kappa shape index (κ2) is 4.84. The van der Waals surface area contributed by atoms with E-state index >= 15 is 0 Å². The number of aliphatic imine (C=N–C) groups is 1. The van der Waals surface area contributed by atoms with Gasteiger partial charge >= 0.3 is 0 Å². The molecule has 1 aromatic carbocycles. The van der Waals surface area contributed by atoms with E-state index in [1.54, 1.807) is 13.3 Å². The summed E-state index contributed by atoms with van der Waals surface area (Å²) in [5, 5.41) is 3.19. The number of nitrogens with one attached hydrogen (secondary N) is 1. The number of benzene rings is 1. The molecule has 0 spiro atoms. The first-order chi connectivity index (χ1) is 7.83. The van der Waals surface area contributed by atoms with E-state index in [-0.39, 0.29) is 6.17 Å². The zero-order valence-corrected chi connectivity index (χ0v) is 9.60. The summed E-state index contributed by atoms with van der Waals surface area (Å²) in [4.78, 5) is 4.38. The van der Waals surface area contributed by atoms with Crippen molar-refractivity contribution in [2.75, 3.05) is 7.11 Å². The van der Waals surface area contributed by atoms with Crippen LogP contribution in [0.1, 0.15) is 24.2 Å². The van der Waals surface area contributed by atoms with Crippen LogP contribution in [-0.4, -0.2) is 13.3 Å². The van der Waals surface area contributed by atoms with Crippen LogP contribution < -0.4 is 5.32 Å². The molecule has 3 heteroatoms. The van der Waals surface area contributed by atoms with Gasteiger partial charge in [-0.3, -0.25) is 4.99 Å². The largest absolute Gasteiger partial charge is 0.494 e. The van der Waals surface area contributed by atoms with Gasteiger partial charge in [0.1, 0.15) is 6.17 Å². The van der Waals surface area contributed by atoms with Crippen molar-refractivity contribution in [2.24, 2.45) is 4.99 Å². The van der Waals surface area contributed by atoms with Crippen LogP contribution in [0.3, 0.4) is 0 Å². The van der Waals surface area contributed by atoms with E-state index < -0.39 is 0 Å².